The third-order valence-electron chi connectivity index (χ3n) is 3.24. The molecule has 3 rings (SSSR count). The molecule has 2 aromatic carbocycles. The molecule has 0 aliphatic rings. The van der Waals surface area contributed by atoms with E-state index in [1.165, 1.54) is 0 Å². The average Bonchev–Trinajstić information content (AvgIpc) is 2.53. The minimum absolute atomic E-state index is 0.0238. The molecule has 0 bridgehead atoms. The van der Waals surface area contributed by atoms with E-state index in [4.69, 9.17) is 4.74 Å². The molecule has 0 aliphatic heterocycles. The van der Waals surface area contributed by atoms with Crippen molar-refractivity contribution >= 4 is 10.9 Å². The number of aliphatic hydroxyl groups excluding tert-OH is 1. The van der Waals surface area contributed by atoms with Gasteiger partial charge >= 0.3 is 0 Å². The van der Waals surface area contributed by atoms with Crippen LogP contribution in [0.4, 0.5) is 0 Å². The minimum Gasteiger partial charge on any atom is -0.488 e. The molecule has 0 amide bonds. The fourth-order valence-corrected chi connectivity index (χ4v) is 2.21. The molecule has 20 heavy (non-hydrogen) atoms. The number of aliphatic hydroxyl groups is 1. The molecular weight excluding hydrogens is 250 g/mol. The third-order valence-corrected chi connectivity index (χ3v) is 3.24. The van der Waals surface area contributed by atoms with Crippen LogP contribution in [0.25, 0.3) is 10.9 Å². The fourth-order valence-electron chi connectivity index (χ4n) is 2.21. The Hall–Kier alpha value is -2.39. The summed E-state index contributed by atoms with van der Waals surface area (Å²) in [6, 6.07) is 17.5. The highest BCUT2D eigenvalue weighted by atomic mass is 16.5. The Morgan fingerprint density at radius 3 is 2.60 bits per heavy atom. The Morgan fingerprint density at radius 1 is 0.900 bits per heavy atom. The summed E-state index contributed by atoms with van der Waals surface area (Å²) in [5.41, 5.74) is 2.79. The molecule has 3 heteroatoms. The summed E-state index contributed by atoms with van der Waals surface area (Å²) in [5, 5.41) is 10.4. The summed E-state index contributed by atoms with van der Waals surface area (Å²) >= 11 is 0. The normalized spacial score (nSPS) is 10.7. The molecule has 1 aromatic heterocycles. The molecule has 3 aromatic rings. The first-order valence-corrected chi connectivity index (χ1v) is 6.52. The second-order valence-corrected chi connectivity index (χ2v) is 4.55. The summed E-state index contributed by atoms with van der Waals surface area (Å²) in [6.45, 7) is 0.412. The predicted octanol–water partition coefficient (Wildman–Crippen LogP) is 3.31. The van der Waals surface area contributed by atoms with Crippen molar-refractivity contribution in [2.75, 3.05) is 0 Å². The van der Waals surface area contributed by atoms with Crippen LogP contribution in [-0.2, 0) is 13.2 Å². The van der Waals surface area contributed by atoms with Crippen LogP contribution >= 0.6 is 0 Å². The van der Waals surface area contributed by atoms with E-state index in [-0.39, 0.29) is 6.61 Å². The van der Waals surface area contributed by atoms with Crippen molar-refractivity contribution in [3.05, 3.63) is 71.9 Å². The van der Waals surface area contributed by atoms with Crippen molar-refractivity contribution < 1.29 is 9.84 Å². The highest BCUT2D eigenvalue weighted by Crippen LogP contribution is 2.21. The van der Waals surface area contributed by atoms with Gasteiger partial charge in [0.1, 0.15) is 12.4 Å². The van der Waals surface area contributed by atoms with Crippen LogP contribution in [0.1, 0.15) is 11.1 Å². The molecule has 0 fully saturated rings. The van der Waals surface area contributed by atoms with E-state index in [1.54, 1.807) is 6.20 Å². The maximum absolute atomic E-state index is 9.30. The second-order valence-electron chi connectivity index (χ2n) is 4.55. The highest BCUT2D eigenvalue weighted by Gasteiger charge is 2.05. The predicted molar refractivity (Wildman–Crippen MR) is 78.4 cm³/mol. The van der Waals surface area contributed by atoms with E-state index in [1.807, 2.05) is 54.6 Å². The van der Waals surface area contributed by atoms with Gasteiger partial charge in [0.25, 0.3) is 0 Å². The van der Waals surface area contributed by atoms with Gasteiger partial charge in [-0.1, -0.05) is 42.5 Å². The molecule has 0 spiro atoms. The molecule has 3 nitrogen and oxygen atoms in total. The summed E-state index contributed by atoms with van der Waals surface area (Å²) in [4.78, 5) is 4.41. The van der Waals surface area contributed by atoms with E-state index in [0.717, 1.165) is 22.0 Å². The lowest BCUT2D eigenvalue weighted by molar-refractivity contribution is 0.259. The molecule has 1 N–H and O–H groups in total. The summed E-state index contributed by atoms with van der Waals surface area (Å²) in [6.07, 6.45) is 1.79. The summed E-state index contributed by atoms with van der Waals surface area (Å²) < 4.78 is 5.82. The van der Waals surface area contributed by atoms with Crippen LogP contribution in [0, 0.1) is 0 Å². The second kappa shape index (κ2) is 5.72. The SMILES string of the molecule is OCc1ccccc1OCc1cccc2cccnc12. The Bertz CT molecular complexity index is 720. The van der Waals surface area contributed by atoms with Gasteiger partial charge in [-0.25, -0.2) is 0 Å². The lowest BCUT2D eigenvalue weighted by Crippen LogP contribution is -2.00. The van der Waals surface area contributed by atoms with E-state index < -0.39 is 0 Å². The van der Waals surface area contributed by atoms with E-state index in [2.05, 4.69) is 4.98 Å². The first kappa shape index (κ1) is 12.6. The molecule has 100 valence electrons. The number of benzene rings is 2. The van der Waals surface area contributed by atoms with E-state index in [0.29, 0.717) is 12.4 Å². The quantitative estimate of drug-likeness (QED) is 0.787. The molecule has 0 saturated carbocycles. The van der Waals surface area contributed by atoms with Crippen LogP contribution in [0.5, 0.6) is 5.75 Å². The number of aromatic nitrogens is 1. The van der Waals surface area contributed by atoms with Gasteiger partial charge in [0.05, 0.1) is 12.1 Å². The first-order chi connectivity index (χ1) is 9.88. The fraction of sp³-hybridized carbons (Fsp3) is 0.118. The van der Waals surface area contributed by atoms with Gasteiger partial charge in [0.2, 0.25) is 0 Å². The molecule has 0 radical (unpaired) electrons. The van der Waals surface area contributed by atoms with Crippen molar-refractivity contribution in [3.8, 4) is 5.75 Å². The number of hydrogen-bond donors (Lipinski definition) is 1. The monoisotopic (exact) mass is 265 g/mol. The third kappa shape index (κ3) is 2.49. The van der Waals surface area contributed by atoms with Gasteiger partial charge in [-0.15, -0.1) is 0 Å². The van der Waals surface area contributed by atoms with E-state index >= 15 is 0 Å². The summed E-state index contributed by atoms with van der Waals surface area (Å²) in [5.74, 6) is 0.711. The number of pyridine rings is 1. The highest BCUT2D eigenvalue weighted by molar-refractivity contribution is 5.81. The number of nitrogens with zero attached hydrogens (tertiary/aromatic N) is 1. The molecule has 0 atom stereocenters. The zero-order chi connectivity index (χ0) is 13.8. The van der Waals surface area contributed by atoms with Crippen LogP contribution in [0.2, 0.25) is 0 Å². The number of para-hydroxylation sites is 2. The Morgan fingerprint density at radius 2 is 1.70 bits per heavy atom. The van der Waals surface area contributed by atoms with Crippen LogP contribution in [0.3, 0.4) is 0 Å². The Kier molecular flexibility index (Phi) is 3.61. The maximum atomic E-state index is 9.30. The first-order valence-electron chi connectivity index (χ1n) is 6.52. The van der Waals surface area contributed by atoms with Crippen LogP contribution < -0.4 is 4.74 Å². The molecular formula is C17H15NO2. The van der Waals surface area contributed by atoms with Crippen molar-refractivity contribution in [1.29, 1.82) is 0 Å². The topological polar surface area (TPSA) is 42.4 Å². The zero-order valence-electron chi connectivity index (χ0n) is 11.0. The molecule has 1 heterocycles. The van der Waals surface area contributed by atoms with Gasteiger partial charge in [-0.3, -0.25) is 4.98 Å². The molecule has 0 unspecified atom stereocenters. The minimum atomic E-state index is -0.0238. The van der Waals surface area contributed by atoms with E-state index in [9.17, 15) is 5.11 Å². The van der Waals surface area contributed by atoms with Crippen LogP contribution in [0.15, 0.2) is 60.8 Å². The average molecular weight is 265 g/mol. The largest absolute Gasteiger partial charge is 0.488 e. The smallest absolute Gasteiger partial charge is 0.125 e. The maximum Gasteiger partial charge on any atom is 0.125 e. The van der Waals surface area contributed by atoms with Gasteiger partial charge in [0, 0.05) is 22.7 Å². The number of rotatable bonds is 4. The molecule has 0 aliphatic carbocycles. The lowest BCUT2D eigenvalue weighted by atomic mass is 10.1. The van der Waals surface area contributed by atoms with Crippen molar-refractivity contribution in [1.82, 2.24) is 4.98 Å². The zero-order valence-corrected chi connectivity index (χ0v) is 11.0. The van der Waals surface area contributed by atoms with Gasteiger partial charge in [0.15, 0.2) is 0 Å². The van der Waals surface area contributed by atoms with Crippen LogP contribution in [-0.4, -0.2) is 10.1 Å². The number of fused-ring (bicyclic) bond motifs is 1. The molecule has 0 saturated heterocycles. The van der Waals surface area contributed by atoms with Gasteiger partial charge in [-0.2, -0.15) is 0 Å². The summed E-state index contributed by atoms with van der Waals surface area (Å²) in [7, 11) is 0. The standard InChI is InChI=1S/C17H15NO2/c19-11-14-5-1-2-9-16(14)20-12-15-7-3-6-13-8-4-10-18-17(13)15/h1-10,19H,11-12H2. The van der Waals surface area contributed by atoms with Gasteiger partial charge in [-0.05, 0) is 12.1 Å². The van der Waals surface area contributed by atoms with Gasteiger partial charge < -0.3 is 9.84 Å². The Labute approximate surface area is 117 Å². The van der Waals surface area contributed by atoms with Crippen molar-refractivity contribution in [2.45, 2.75) is 13.2 Å². The van der Waals surface area contributed by atoms with Crippen molar-refractivity contribution in [2.24, 2.45) is 0 Å². The number of hydrogen-bond acceptors (Lipinski definition) is 3. The number of ether oxygens (including phenoxy) is 1. The lowest BCUT2D eigenvalue weighted by Gasteiger charge is -2.11. The van der Waals surface area contributed by atoms with Crippen molar-refractivity contribution in [3.63, 3.8) is 0 Å². The Balaban J connectivity index is 1.87.